The molecule has 1 amide bonds. The summed E-state index contributed by atoms with van der Waals surface area (Å²) in [4.78, 5) is 15.7. The van der Waals surface area contributed by atoms with Gasteiger partial charge in [-0.1, -0.05) is 30.0 Å². The Morgan fingerprint density at radius 1 is 1.32 bits per heavy atom. The monoisotopic (exact) mass is 375 g/mol. The summed E-state index contributed by atoms with van der Waals surface area (Å²) in [6.07, 6.45) is 2.61. The minimum absolute atomic E-state index is 0.614. The molecule has 2 aromatic carbocycles. The highest BCUT2D eigenvalue weighted by Crippen LogP contribution is 2.30. The van der Waals surface area contributed by atoms with E-state index in [1.165, 1.54) is 0 Å². The number of hydrogen-bond donors (Lipinski definition) is 1. The first-order chi connectivity index (χ1) is 12.1. The van der Waals surface area contributed by atoms with Gasteiger partial charge in [0.25, 0.3) is 0 Å². The average molecular weight is 376 g/mol. The van der Waals surface area contributed by atoms with Crippen LogP contribution in [0.15, 0.2) is 47.5 Å². The van der Waals surface area contributed by atoms with Crippen LogP contribution in [0.5, 0.6) is 5.75 Å². The number of thioether (sulfide) groups is 2. The quantitative estimate of drug-likeness (QED) is 0.205. The molecular weight excluding hydrogens is 354 g/mol. The Hall–Kier alpha value is -1.96. The van der Waals surface area contributed by atoms with Gasteiger partial charge in [0.2, 0.25) is 6.41 Å². The van der Waals surface area contributed by atoms with E-state index in [1.54, 1.807) is 30.6 Å². The lowest BCUT2D eigenvalue weighted by Gasteiger charge is -2.17. The van der Waals surface area contributed by atoms with Gasteiger partial charge in [0.1, 0.15) is 10.1 Å². The van der Waals surface area contributed by atoms with E-state index >= 15 is 0 Å². The summed E-state index contributed by atoms with van der Waals surface area (Å²) >= 11 is 3.19. The highest BCUT2D eigenvalue weighted by molar-refractivity contribution is 8.38. The Bertz CT molecular complexity index is 766. The lowest BCUT2D eigenvalue weighted by molar-refractivity contribution is -0.107. The molecule has 132 valence electrons. The largest absolute Gasteiger partial charge is 0.497 e. The van der Waals surface area contributed by atoms with Gasteiger partial charge in [-0.2, -0.15) is 0 Å². The van der Waals surface area contributed by atoms with Gasteiger partial charge < -0.3 is 4.74 Å². The van der Waals surface area contributed by atoms with Crippen molar-refractivity contribution in [3.8, 4) is 5.75 Å². The summed E-state index contributed by atoms with van der Waals surface area (Å²) in [5, 5.41) is 1.11. The van der Waals surface area contributed by atoms with Crippen molar-refractivity contribution in [1.29, 1.82) is 0 Å². The molecule has 5 nitrogen and oxygen atoms in total. The molecule has 0 aliphatic carbocycles. The number of hydrogen-bond acceptors (Lipinski definition) is 6. The third-order valence-corrected chi connectivity index (χ3v) is 5.63. The molecule has 0 aromatic heterocycles. The Kier molecular flexibility index (Phi) is 7.36. The number of benzene rings is 2. The fraction of sp³-hybridized carbons (Fsp3) is 0.222. The number of aryl methyl sites for hydroxylation is 1. The second kappa shape index (κ2) is 9.50. The highest BCUT2D eigenvalue weighted by Gasteiger charge is 2.11. The number of rotatable bonds is 6. The fourth-order valence-electron chi connectivity index (χ4n) is 2.23. The lowest BCUT2D eigenvalue weighted by atomic mass is 10.1. The smallest absolute Gasteiger partial charge is 0.228 e. The van der Waals surface area contributed by atoms with Crippen LogP contribution in [0, 0.1) is 6.92 Å². The van der Waals surface area contributed by atoms with Gasteiger partial charge >= 0.3 is 0 Å². The average Bonchev–Trinajstić information content (AvgIpc) is 2.65. The van der Waals surface area contributed by atoms with E-state index in [-0.39, 0.29) is 0 Å². The van der Waals surface area contributed by atoms with Crippen LogP contribution < -0.4 is 15.6 Å². The van der Waals surface area contributed by atoms with E-state index in [2.05, 4.69) is 4.99 Å². The van der Waals surface area contributed by atoms with E-state index in [1.807, 2.05) is 55.6 Å². The summed E-state index contributed by atoms with van der Waals surface area (Å²) in [6, 6.07) is 13.4. The summed E-state index contributed by atoms with van der Waals surface area (Å²) in [7, 11) is 1.64. The number of carbonyl (C=O) groups is 1. The van der Waals surface area contributed by atoms with Gasteiger partial charge in [0, 0.05) is 11.8 Å². The van der Waals surface area contributed by atoms with Crippen molar-refractivity contribution in [1.82, 2.24) is 0 Å². The van der Waals surface area contributed by atoms with Crippen molar-refractivity contribution in [2.45, 2.75) is 12.7 Å². The van der Waals surface area contributed by atoms with Gasteiger partial charge in [-0.3, -0.25) is 9.80 Å². The molecule has 7 heteroatoms. The maximum absolute atomic E-state index is 11.0. The number of nitrogens with zero attached hydrogens (tertiary/aromatic N) is 2. The van der Waals surface area contributed by atoms with E-state index in [0.717, 1.165) is 31.9 Å². The van der Waals surface area contributed by atoms with Crippen LogP contribution in [-0.2, 0) is 10.5 Å². The van der Waals surface area contributed by atoms with Crippen molar-refractivity contribution in [3.05, 3.63) is 53.6 Å². The van der Waals surface area contributed by atoms with E-state index in [0.29, 0.717) is 17.9 Å². The zero-order chi connectivity index (χ0) is 18.2. The molecule has 0 unspecified atom stereocenters. The number of methoxy groups -OCH3 is 1. The van der Waals surface area contributed by atoms with Gasteiger partial charge in [0.15, 0.2) is 0 Å². The molecule has 0 saturated carbocycles. The second-order valence-corrected chi connectivity index (χ2v) is 7.17. The Balaban J connectivity index is 2.21. The maximum Gasteiger partial charge on any atom is 0.228 e. The molecule has 0 aliphatic rings. The zero-order valence-corrected chi connectivity index (χ0v) is 16.1. The van der Waals surface area contributed by atoms with Crippen LogP contribution in [0.4, 0.5) is 11.4 Å². The predicted molar refractivity (Wildman–Crippen MR) is 109 cm³/mol. The first kappa shape index (κ1) is 19.4. The number of anilines is 1. The third-order valence-electron chi connectivity index (χ3n) is 3.57. The first-order valence-electron chi connectivity index (χ1n) is 7.56. The normalized spacial score (nSPS) is 11.3. The maximum atomic E-state index is 11.0. The molecule has 0 fully saturated rings. The first-order valence-corrected chi connectivity index (χ1v) is 9.77. The van der Waals surface area contributed by atoms with Gasteiger partial charge in [0.05, 0.1) is 18.5 Å². The number of aliphatic imine (C=N–C) groups is 1. The van der Waals surface area contributed by atoms with E-state index in [4.69, 9.17) is 10.6 Å². The van der Waals surface area contributed by atoms with Gasteiger partial charge in [-0.05, 0) is 42.5 Å². The van der Waals surface area contributed by atoms with Gasteiger partial charge in [-0.25, -0.2) is 10.8 Å². The number of carbonyl (C=O) groups excluding carboxylic acids is 1. The van der Waals surface area contributed by atoms with Crippen molar-refractivity contribution < 1.29 is 9.53 Å². The van der Waals surface area contributed by atoms with E-state index < -0.39 is 0 Å². The minimum atomic E-state index is 0.614. The minimum Gasteiger partial charge on any atom is -0.497 e. The van der Waals surface area contributed by atoms with Crippen molar-refractivity contribution >= 4 is 45.7 Å². The molecule has 0 heterocycles. The molecule has 0 saturated heterocycles. The molecule has 0 aliphatic heterocycles. The van der Waals surface area contributed by atoms with E-state index in [9.17, 15) is 4.79 Å². The van der Waals surface area contributed by atoms with Crippen molar-refractivity contribution in [2.75, 3.05) is 18.4 Å². The predicted octanol–water partition coefficient (Wildman–Crippen LogP) is 4.12. The van der Waals surface area contributed by atoms with Crippen LogP contribution in [0.1, 0.15) is 11.1 Å². The summed E-state index contributed by atoms with van der Waals surface area (Å²) in [5.74, 6) is 7.21. The van der Waals surface area contributed by atoms with Crippen LogP contribution in [0.3, 0.4) is 0 Å². The Morgan fingerprint density at radius 2 is 2.08 bits per heavy atom. The summed E-state index contributed by atoms with van der Waals surface area (Å²) in [6.45, 7) is 2.01. The summed E-state index contributed by atoms with van der Waals surface area (Å²) < 4.78 is 6.16. The van der Waals surface area contributed by atoms with Crippen LogP contribution in [-0.4, -0.2) is 24.2 Å². The second-order valence-electron chi connectivity index (χ2n) is 5.16. The molecule has 2 rings (SSSR count). The number of ether oxygens (including phenoxy) is 1. The van der Waals surface area contributed by atoms with Gasteiger partial charge in [-0.15, -0.1) is 11.8 Å². The van der Waals surface area contributed by atoms with Crippen molar-refractivity contribution in [3.63, 3.8) is 0 Å². The van der Waals surface area contributed by atoms with Crippen molar-refractivity contribution in [2.24, 2.45) is 10.8 Å². The molecule has 2 aromatic rings. The Labute approximate surface area is 156 Å². The Morgan fingerprint density at radius 3 is 2.76 bits per heavy atom. The number of hydrazine groups is 1. The fourth-order valence-corrected chi connectivity index (χ4v) is 3.89. The third kappa shape index (κ3) is 5.26. The molecular formula is C18H21N3O2S2. The van der Waals surface area contributed by atoms with Crippen LogP contribution >= 0.6 is 23.5 Å². The topological polar surface area (TPSA) is 67.9 Å². The molecule has 0 spiro atoms. The lowest BCUT2D eigenvalue weighted by Crippen LogP contribution is -2.29. The molecule has 0 radical (unpaired) electrons. The molecule has 25 heavy (non-hydrogen) atoms. The zero-order valence-electron chi connectivity index (χ0n) is 14.4. The van der Waals surface area contributed by atoms with Crippen LogP contribution in [0.25, 0.3) is 0 Å². The highest BCUT2D eigenvalue weighted by atomic mass is 32.2. The molecule has 0 atom stereocenters. The van der Waals surface area contributed by atoms with Crippen LogP contribution in [0.2, 0.25) is 0 Å². The number of nitrogens with two attached hydrogens (primary N) is 1. The number of amides is 1. The molecule has 0 bridgehead atoms. The SMILES string of the molecule is COc1cccc(/N=C(/SC)SCc2c(C)cccc2N(N)C=O)c1. The molecule has 2 N–H and O–H groups in total. The standard InChI is InChI=1S/C18H21N3O2S2/c1-13-6-4-9-17(21(19)12-22)16(13)11-25-18(24-3)20-14-7-5-8-15(10-14)23-2/h4-10,12H,11,19H2,1-3H3/b20-18-. The summed E-state index contributed by atoms with van der Waals surface area (Å²) in [5.41, 5.74) is 3.66.